The molecule has 0 atom stereocenters. The van der Waals surface area contributed by atoms with Gasteiger partial charge in [0, 0.05) is 25.3 Å². The van der Waals surface area contributed by atoms with Crippen LogP contribution in [0.3, 0.4) is 0 Å². The van der Waals surface area contributed by atoms with E-state index in [0.717, 1.165) is 56.6 Å². The molecule has 0 aliphatic carbocycles. The van der Waals surface area contributed by atoms with Gasteiger partial charge < -0.3 is 14.9 Å². The van der Waals surface area contributed by atoms with Crippen LogP contribution in [0.5, 0.6) is 0 Å². The van der Waals surface area contributed by atoms with Gasteiger partial charge in [0.05, 0.1) is 12.1 Å². The van der Waals surface area contributed by atoms with Gasteiger partial charge in [0.25, 0.3) is 0 Å². The first-order valence-electron chi connectivity index (χ1n) is 7.54. The number of carboxylic acid groups (broad SMARTS) is 1. The second kappa shape index (κ2) is 5.76. The van der Waals surface area contributed by atoms with Gasteiger partial charge >= 0.3 is 5.97 Å². The van der Waals surface area contributed by atoms with Crippen molar-refractivity contribution in [3.63, 3.8) is 0 Å². The molecule has 0 unspecified atom stereocenters. The largest absolute Gasteiger partial charge is 0.478 e. The molecule has 112 valence electrons. The molecular weight excluding hydrogens is 268 g/mol. The highest BCUT2D eigenvalue weighted by Gasteiger charge is 2.24. The Morgan fingerprint density at radius 3 is 2.57 bits per heavy atom. The Bertz CT molecular complexity index is 565. The molecule has 1 fully saturated rings. The number of carboxylic acids is 1. The number of likely N-dealkylation sites (tertiary alicyclic amines) is 1. The Labute approximate surface area is 124 Å². The van der Waals surface area contributed by atoms with E-state index in [4.69, 9.17) is 5.11 Å². The number of fused-ring (bicyclic) bond motifs is 1. The van der Waals surface area contributed by atoms with E-state index in [1.807, 2.05) is 11.0 Å². The average molecular weight is 288 g/mol. The van der Waals surface area contributed by atoms with Crippen molar-refractivity contribution in [3.8, 4) is 0 Å². The molecule has 2 heterocycles. The van der Waals surface area contributed by atoms with E-state index in [1.165, 1.54) is 0 Å². The van der Waals surface area contributed by atoms with Crippen molar-refractivity contribution in [1.29, 1.82) is 0 Å². The number of hydrogen-bond acceptors (Lipinski definition) is 3. The van der Waals surface area contributed by atoms with Crippen LogP contribution >= 0.6 is 0 Å². The summed E-state index contributed by atoms with van der Waals surface area (Å²) in [5.41, 5.74) is 2.37. The van der Waals surface area contributed by atoms with Crippen molar-refractivity contribution < 1.29 is 14.7 Å². The van der Waals surface area contributed by atoms with Crippen molar-refractivity contribution in [3.05, 3.63) is 29.3 Å². The highest BCUT2D eigenvalue weighted by molar-refractivity contribution is 5.89. The van der Waals surface area contributed by atoms with Gasteiger partial charge in [-0.2, -0.15) is 0 Å². The highest BCUT2D eigenvalue weighted by Crippen LogP contribution is 2.28. The zero-order chi connectivity index (χ0) is 14.8. The smallest absolute Gasteiger partial charge is 0.335 e. The van der Waals surface area contributed by atoms with Crippen molar-refractivity contribution in [2.24, 2.45) is 0 Å². The van der Waals surface area contributed by atoms with Crippen LogP contribution in [0, 0.1) is 0 Å². The van der Waals surface area contributed by atoms with Gasteiger partial charge in [-0.3, -0.25) is 4.79 Å². The van der Waals surface area contributed by atoms with Gasteiger partial charge in [-0.25, -0.2) is 4.79 Å². The lowest BCUT2D eigenvalue weighted by atomic mass is 9.99. The lowest BCUT2D eigenvalue weighted by Crippen LogP contribution is -2.41. The van der Waals surface area contributed by atoms with E-state index in [9.17, 15) is 9.59 Å². The fourth-order valence-electron chi connectivity index (χ4n) is 3.20. The van der Waals surface area contributed by atoms with Crippen LogP contribution in [0.1, 0.15) is 35.2 Å². The van der Waals surface area contributed by atoms with Gasteiger partial charge in [0.15, 0.2) is 0 Å². The van der Waals surface area contributed by atoms with Crippen molar-refractivity contribution in [2.75, 3.05) is 31.1 Å². The molecule has 0 saturated carbocycles. The maximum atomic E-state index is 12.3. The molecule has 21 heavy (non-hydrogen) atoms. The molecule has 5 heteroatoms. The summed E-state index contributed by atoms with van der Waals surface area (Å²) in [7, 11) is 0. The maximum Gasteiger partial charge on any atom is 0.335 e. The van der Waals surface area contributed by atoms with Crippen LogP contribution in [0.4, 0.5) is 5.69 Å². The molecule has 0 spiro atoms. The minimum Gasteiger partial charge on any atom is -0.478 e. The molecule has 0 radical (unpaired) electrons. The molecule has 1 aromatic rings. The third-order valence-electron chi connectivity index (χ3n) is 4.33. The van der Waals surface area contributed by atoms with E-state index < -0.39 is 5.97 Å². The zero-order valence-electron chi connectivity index (χ0n) is 12.0. The molecule has 1 saturated heterocycles. The first-order valence-corrected chi connectivity index (χ1v) is 7.54. The molecule has 2 aliphatic heterocycles. The van der Waals surface area contributed by atoms with Crippen LogP contribution in [0.2, 0.25) is 0 Å². The number of amides is 1. The Morgan fingerprint density at radius 2 is 1.86 bits per heavy atom. The summed E-state index contributed by atoms with van der Waals surface area (Å²) in [5, 5.41) is 9.07. The second-order valence-corrected chi connectivity index (χ2v) is 5.76. The number of aryl methyl sites for hydroxylation is 1. The number of aromatic carboxylic acids is 1. The molecule has 1 N–H and O–H groups in total. The van der Waals surface area contributed by atoms with Crippen molar-refractivity contribution >= 4 is 17.6 Å². The summed E-state index contributed by atoms with van der Waals surface area (Å²) >= 11 is 0. The lowest BCUT2D eigenvalue weighted by molar-refractivity contribution is -0.128. The van der Waals surface area contributed by atoms with Crippen molar-refractivity contribution in [1.82, 2.24) is 4.90 Å². The van der Waals surface area contributed by atoms with E-state index in [0.29, 0.717) is 12.1 Å². The molecule has 3 rings (SSSR count). The summed E-state index contributed by atoms with van der Waals surface area (Å²) in [4.78, 5) is 27.4. The molecule has 1 amide bonds. The molecular formula is C16H20N2O3. The highest BCUT2D eigenvalue weighted by atomic mass is 16.4. The number of nitrogens with zero attached hydrogens (tertiary/aromatic N) is 2. The molecule has 0 aromatic heterocycles. The lowest BCUT2D eigenvalue weighted by Gasteiger charge is -2.32. The van der Waals surface area contributed by atoms with Crippen LogP contribution in [-0.2, 0) is 11.2 Å². The molecule has 5 nitrogen and oxygen atoms in total. The van der Waals surface area contributed by atoms with Crippen molar-refractivity contribution in [2.45, 2.75) is 25.7 Å². The number of benzene rings is 1. The molecule has 2 aliphatic rings. The summed E-state index contributed by atoms with van der Waals surface area (Å²) < 4.78 is 0. The van der Waals surface area contributed by atoms with Gasteiger partial charge in [0.2, 0.25) is 5.91 Å². The predicted octanol–water partition coefficient (Wildman–Crippen LogP) is 1.76. The SMILES string of the molecule is O=C(O)c1ccc2c(c1)CCCN2CC(=O)N1CCCC1. The number of rotatable bonds is 3. The second-order valence-electron chi connectivity index (χ2n) is 5.76. The standard InChI is InChI=1S/C16H20N2O3/c19-15(17-7-1-2-8-17)11-18-9-3-4-12-10-13(16(20)21)5-6-14(12)18/h5-6,10H,1-4,7-9,11H2,(H,20,21). The fourth-order valence-corrected chi connectivity index (χ4v) is 3.20. The maximum absolute atomic E-state index is 12.3. The number of carbonyl (C=O) groups excluding carboxylic acids is 1. The van der Waals surface area contributed by atoms with Crippen LogP contribution in [0.25, 0.3) is 0 Å². The summed E-state index contributed by atoms with van der Waals surface area (Å²) in [5.74, 6) is -0.717. The number of anilines is 1. The third-order valence-corrected chi connectivity index (χ3v) is 4.33. The van der Waals surface area contributed by atoms with Crippen LogP contribution in [0.15, 0.2) is 18.2 Å². The topological polar surface area (TPSA) is 60.9 Å². The normalized spacial score (nSPS) is 17.7. The third kappa shape index (κ3) is 2.86. The zero-order valence-corrected chi connectivity index (χ0v) is 12.0. The average Bonchev–Trinajstić information content (AvgIpc) is 3.01. The Kier molecular flexibility index (Phi) is 3.82. The van der Waals surface area contributed by atoms with Gasteiger partial charge in [-0.15, -0.1) is 0 Å². The van der Waals surface area contributed by atoms with E-state index in [-0.39, 0.29) is 5.91 Å². The summed E-state index contributed by atoms with van der Waals surface area (Å²) in [6.07, 6.45) is 4.04. The quantitative estimate of drug-likeness (QED) is 0.920. The van der Waals surface area contributed by atoms with E-state index in [2.05, 4.69) is 4.90 Å². The monoisotopic (exact) mass is 288 g/mol. The molecule has 1 aromatic carbocycles. The van der Waals surface area contributed by atoms with Crippen LogP contribution in [-0.4, -0.2) is 48.1 Å². The Morgan fingerprint density at radius 1 is 1.10 bits per heavy atom. The Balaban J connectivity index is 1.77. The van der Waals surface area contributed by atoms with E-state index in [1.54, 1.807) is 12.1 Å². The first-order chi connectivity index (χ1) is 10.1. The first kappa shape index (κ1) is 13.9. The van der Waals surface area contributed by atoms with Crippen LogP contribution < -0.4 is 4.90 Å². The van der Waals surface area contributed by atoms with Gasteiger partial charge in [0.1, 0.15) is 0 Å². The van der Waals surface area contributed by atoms with Gasteiger partial charge in [-0.1, -0.05) is 0 Å². The molecule has 0 bridgehead atoms. The van der Waals surface area contributed by atoms with E-state index >= 15 is 0 Å². The van der Waals surface area contributed by atoms with Gasteiger partial charge in [-0.05, 0) is 49.4 Å². The fraction of sp³-hybridized carbons (Fsp3) is 0.500. The predicted molar refractivity (Wildman–Crippen MR) is 79.7 cm³/mol. The number of hydrogen-bond donors (Lipinski definition) is 1. The number of carbonyl (C=O) groups is 2. The minimum atomic E-state index is -0.900. The summed E-state index contributed by atoms with van der Waals surface area (Å²) in [6, 6.07) is 5.21. The summed E-state index contributed by atoms with van der Waals surface area (Å²) in [6.45, 7) is 3.01. The minimum absolute atomic E-state index is 0.183. The Hall–Kier alpha value is -2.04.